The third-order valence-electron chi connectivity index (χ3n) is 3.01. The number of benzene rings is 2. The Balaban J connectivity index is 0.00000151. The number of hydrazine groups is 1. The lowest BCUT2D eigenvalue weighted by atomic mass is 10.0. The summed E-state index contributed by atoms with van der Waals surface area (Å²) in [7, 11) is 0. The molecule has 0 amide bonds. The van der Waals surface area contributed by atoms with Gasteiger partial charge in [0, 0.05) is 0 Å². The van der Waals surface area contributed by atoms with Crippen molar-refractivity contribution in [3.63, 3.8) is 0 Å². The topological polar surface area (TPSA) is 134 Å². The molecule has 2 aromatic carbocycles. The third-order valence-corrected chi connectivity index (χ3v) is 3.01. The van der Waals surface area contributed by atoms with Crippen molar-refractivity contribution < 1.29 is 14.6 Å². The molecule has 0 bridgehead atoms. The fourth-order valence-corrected chi connectivity index (χ4v) is 1.85. The minimum atomic E-state index is -1.35. The van der Waals surface area contributed by atoms with Gasteiger partial charge >= 0.3 is 5.97 Å². The Morgan fingerprint density at radius 3 is 2.32 bits per heavy atom. The van der Waals surface area contributed by atoms with Crippen LogP contribution >= 0.6 is 0 Å². The van der Waals surface area contributed by atoms with Crippen LogP contribution in [0.2, 0.25) is 0 Å². The summed E-state index contributed by atoms with van der Waals surface area (Å²) in [6.07, 6.45) is 0. The summed E-state index contributed by atoms with van der Waals surface area (Å²) in [5, 5.41) is 17.7. The number of rotatable bonds is 5. The average molecular weight is 340 g/mol. The van der Waals surface area contributed by atoms with Crippen molar-refractivity contribution >= 4 is 5.97 Å². The van der Waals surface area contributed by atoms with Gasteiger partial charge in [-0.1, -0.05) is 38.1 Å². The molecule has 0 heterocycles. The summed E-state index contributed by atoms with van der Waals surface area (Å²) in [5.41, 5.74) is 9.25. The molecule has 2 aromatic rings. The number of carboxylic acid groups (broad SMARTS) is 1. The highest BCUT2D eigenvalue weighted by molar-refractivity contribution is 5.85. The number of carboxylic acids is 1. The lowest BCUT2D eigenvalue weighted by Crippen LogP contribution is -2.31. The van der Waals surface area contributed by atoms with Crippen LogP contribution in [0.4, 0.5) is 0 Å². The smallest absolute Gasteiger partial charge is 0.357 e. The minimum Gasteiger partial charge on any atom is -0.476 e. The van der Waals surface area contributed by atoms with Crippen molar-refractivity contribution in [1.29, 1.82) is 5.26 Å². The van der Waals surface area contributed by atoms with Gasteiger partial charge in [0.2, 0.25) is 5.88 Å². The molecule has 7 nitrogen and oxygen atoms in total. The summed E-state index contributed by atoms with van der Waals surface area (Å²) in [5.74, 6) is 4.00. The summed E-state index contributed by atoms with van der Waals surface area (Å²) >= 11 is 0. The zero-order chi connectivity index (χ0) is 18.8. The van der Waals surface area contributed by atoms with E-state index in [4.69, 9.17) is 26.7 Å². The molecule has 0 aliphatic rings. The van der Waals surface area contributed by atoms with E-state index in [2.05, 4.69) is 11.5 Å². The molecule has 0 aliphatic heterocycles. The van der Waals surface area contributed by atoms with Gasteiger partial charge in [0.15, 0.2) is 5.70 Å². The second-order valence-electron chi connectivity index (χ2n) is 4.51. The largest absolute Gasteiger partial charge is 0.476 e. The van der Waals surface area contributed by atoms with Crippen molar-refractivity contribution in [3.05, 3.63) is 65.7 Å². The highest BCUT2D eigenvalue weighted by atomic mass is 16.5. The molecule has 0 saturated carbocycles. The van der Waals surface area contributed by atoms with Crippen LogP contribution in [0, 0.1) is 11.3 Å². The van der Waals surface area contributed by atoms with E-state index in [1.54, 1.807) is 42.5 Å². The van der Waals surface area contributed by atoms with E-state index in [1.165, 1.54) is 0 Å². The van der Waals surface area contributed by atoms with Gasteiger partial charge in [-0.2, -0.15) is 5.26 Å². The van der Waals surface area contributed by atoms with Crippen molar-refractivity contribution in [2.75, 3.05) is 0 Å². The normalized spacial score (nSPS) is 10.5. The van der Waals surface area contributed by atoms with Crippen molar-refractivity contribution in [2.45, 2.75) is 13.8 Å². The van der Waals surface area contributed by atoms with Crippen LogP contribution in [0.5, 0.6) is 5.75 Å². The van der Waals surface area contributed by atoms with Gasteiger partial charge in [-0.15, -0.1) is 0 Å². The number of hydrogen-bond donors (Lipinski definition) is 4. The van der Waals surface area contributed by atoms with Crippen LogP contribution in [0.3, 0.4) is 0 Å². The van der Waals surface area contributed by atoms with E-state index in [0.717, 1.165) is 11.1 Å². The number of nitrogens with one attached hydrogen (secondary N) is 1. The van der Waals surface area contributed by atoms with Crippen LogP contribution in [-0.4, -0.2) is 11.1 Å². The Morgan fingerprint density at radius 2 is 1.80 bits per heavy atom. The zero-order valence-electron chi connectivity index (χ0n) is 14.0. The first-order valence-corrected chi connectivity index (χ1v) is 7.53. The molecule has 25 heavy (non-hydrogen) atoms. The van der Waals surface area contributed by atoms with Crippen molar-refractivity contribution in [1.82, 2.24) is 5.43 Å². The monoisotopic (exact) mass is 340 g/mol. The Kier molecular flexibility index (Phi) is 7.50. The molecule has 0 radical (unpaired) electrons. The highest BCUT2D eigenvalue weighted by Crippen LogP contribution is 2.25. The Labute approximate surface area is 146 Å². The number of carbonyl (C=O) groups is 1. The molecule has 130 valence electrons. The Hall–Kier alpha value is -3.50. The summed E-state index contributed by atoms with van der Waals surface area (Å²) < 4.78 is 5.38. The third kappa shape index (κ3) is 5.27. The van der Waals surface area contributed by atoms with E-state index in [-0.39, 0.29) is 5.88 Å². The maximum atomic E-state index is 10.9. The standard InChI is InChI=1S/C16H14N4O3.C2H6/c17-9-10-4-6-11(7-5-10)12-2-1-3-13(8-12)23-15(20-19)14(18)16(21)22;1-2/h1-8,20H,18-19H2,(H,21,22);1-2H3/b15-14+;. The fraction of sp³-hybridized carbons (Fsp3) is 0.111. The maximum Gasteiger partial charge on any atom is 0.357 e. The van der Waals surface area contributed by atoms with Crippen LogP contribution in [0.1, 0.15) is 19.4 Å². The van der Waals surface area contributed by atoms with E-state index in [9.17, 15) is 4.79 Å². The molecule has 0 aliphatic carbocycles. The second kappa shape index (κ2) is 9.60. The predicted octanol–water partition coefficient (Wildman–Crippen LogP) is 2.31. The number of aliphatic carboxylic acids is 1. The molecule has 0 saturated heterocycles. The van der Waals surface area contributed by atoms with Crippen LogP contribution in [0.15, 0.2) is 60.1 Å². The molecular formula is C18H20N4O3. The van der Waals surface area contributed by atoms with Crippen LogP contribution in [-0.2, 0) is 4.79 Å². The van der Waals surface area contributed by atoms with Gasteiger partial charge in [-0.3, -0.25) is 5.43 Å². The maximum absolute atomic E-state index is 10.9. The summed E-state index contributed by atoms with van der Waals surface area (Å²) in [6, 6.07) is 16.0. The van der Waals surface area contributed by atoms with E-state index in [0.29, 0.717) is 11.3 Å². The zero-order valence-corrected chi connectivity index (χ0v) is 14.0. The van der Waals surface area contributed by atoms with Crippen molar-refractivity contribution in [2.24, 2.45) is 11.6 Å². The lowest BCUT2D eigenvalue weighted by Gasteiger charge is -2.11. The van der Waals surface area contributed by atoms with Gasteiger partial charge in [-0.25, -0.2) is 10.6 Å². The quantitative estimate of drug-likeness (QED) is 0.284. The van der Waals surface area contributed by atoms with E-state index < -0.39 is 11.7 Å². The molecule has 2 rings (SSSR count). The fourth-order valence-electron chi connectivity index (χ4n) is 1.85. The summed E-state index contributed by atoms with van der Waals surface area (Å²) in [4.78, 5) is 10.9. The first-order valence-electron chi connectivity index (χ1n) is 7.53. The predicted molar refractivity (Wildman–Crippen MR) is 94.7 cm³/mol. The van der Waals surface area contributed by atoms with Gasteiger partial charge in [0.05, 0.1) is 11.6 Å². The average Bonchev–Trinajstić information content (AvgIpc) is 2.67. The number of hydrogen-bond acceptors (Lipinski definition) is 6. The van der Waals surface area contributed by atoms with Gasteiger partial charge < -0.3 is 15.6 Å². The number of nitrogens with zero attached hydrogens (tertiary/aromatic N) is 1. The minimum absolute atomic E-state index is 0.255. The van der Waals surface area contributed by atoms with Gasteiger partial charge in [0.25, 0.3) is 0 Å². The first-order chi connectivity index (χ1) is 12.0. The molecular weight excluding hydrogens is 320 g/mol. The lowest BCUT2D eigenvalue weighted by molar-refractivity contribution is -0.132. The molecule has 0 fully saturated rings. The second-order valence-corrected chi connectivity index (χ2v) is 4.51. The Bertz CT molecular complexity index is 793. The van der Waals surface area contributed by atoms with Gasteiger partial charge in [-0.05, 0) is 35.4 Å². The van der Waals surface area contributed by atoms with E-state index in [1.807, 2.05) is 19.9 Å². The molecule has 0 atom stereocenters. The molecule has 0 aromatic heterocycles. The van der Waals surface area contributed by atoms with Crippen molar-refractivity contribution in [3.8, 4) is 22.9 Å². The number of ether oxygens (including phenoxy) is 1. The Morgan fingerprint density at radius 1 is 1.16 bits per heavy atom. The number of nitrogens with two attached hydrogens (primary N) is 2. The van der Waals surface area contributed by atoms with E-state index >= 15 is 0 Å². The number of nitriles is 1. The molecule has 7 heteroatoms. The summed E-state index contributed by atoms with van der Waals surface area (Å²) in [6.45, 7) is 4.00. The molecule has 6 N–H and O–H groups in total. The molecule has 0 unspecified atom stereocenters. The first kappa shape index (κ1) is 19.5. The van der Waals surface area contributed by atoms with Crippen LogP contribution < -0.4 is 21.7 Å². The highest BCUT2D eigenvalue weighted by Gasteiger charge is 2.12. The van der Waals surface area contributed by atoms with Crippen LogP contribution in [0.25, 0.3) is 11.1 Å². The SMILES string of the molecule is CC.N#Cc1ccc(-c2cccc(O/C(NN)=C(/N)C(=O)O)c2)cc1. The van der Waals surface area contributed by atoms with Gasteiger partial charge in [0.1, 0.15) is 5.75 Å². The molecule has 0 spiro atoms.